The molecule has 0 spiro atoms. The first-order valence-corrected chi connectivity index (χ1v) is 8.12. The maximum Gasteiger partial charge on any atom is 0.308 e. The van der Waals surface area contributed by atoms with Crippen molar-refractivity contribution in [2.24, 2.45) is 0 Å². The van der Waals surface area contributed by atoms with Crippen LogP contribution in [0.5, 0.6) is 0 Å². The van der Waals surface area contributed by atoms with E-state index in [4.69, 9.17) is 9.84 Å². The maximum absolute atomic E-state index is 11.9. The summed E-state index contributed by atoms with van der Waals surface area (Å²) in [7, 11) is -2.21. The summed E-state index contributed by atoms with van der Waals surface area (Å²) in [5.41, 5.74) is 0. The molecule has 0 bridgehead atoms. The average Bonchev–Trinajstić information content (AvgIpc) is 2.77. The molecule has 0 aliphatic rings. The number of hydrogen-bond donors (Lipinski definition) is 3. The summed E-state index contributed by atoms with van der Waals surface area (Å²) in [6, 6.07) is 2.85. The van der Waals surface area contributed by atoms with Crippen LogP contribution in [-0.4, -0.2) is 51.0 Å². The molecular weight excluding hydrogens is 306 g/mol. The molecule has 3 N–H and O–H groups in total. The van der Waals surface area contributed by atoms with Crippen molar-refractivity contribution < 1.29 is 28.2 Å². The lowest BCUT2D eigenvalue weighted by Crippen LogP contribution is -2.28. The van der Waals surface area contributed by atoms with Gasteiger partial charge in [-0.1, -0.05) is 0 Å². The standard InChI is InChI=1S/C11H17NO6S2/c1-18-7-8(13)4-5-12-20(16,17)11-3-2-9(19-11)6-10(14)15/h2-3,8,12-13H,4-7H2,1H3,(H,14,15). The summed E-state index contributed by atoms with van der Waals surface area (Å²) < 4.78 is 31.0. The first kappa shape index (κ1) is 17.1. The molecule has 1 rings (SSSR count). The lowest BCUT2D eigenvalue weighted by molar-refractivity contribution is -0.136. The Balaban J connectivity index is 2.56. The number of rotatable bonds is 9. The van der Waals surface area contributed by atoms with Gasteiger partial charge in [-0.2, -0.15) is 0 Å². The van der Waals surface area contributed by atoms with Gasteiger partial charge in [-0.25, -0.2) is 13.1 Å². The molecule has 0 amide bonds. The van der Waals surface area contributed by atoms with E-state index >= 15 is 0 Å². The largest absolute Gasteiger partial charge is 0.481 e. The van der Waals surface area contributed by atoms with Crippen molar-refractivity contribution in [3.63, 3.8) is 0 Å². The van der Waals surface area contributed by atoms with Crippen LogP contribution in [0, 0.1) is 0 Å². The Kier molecular flexibility index (Phi) is 6.56. The van der Waals surface area contributed by atoms with E-state index in [0.29, 0.717) is 4.88 Å². The summed E-state index contributed by atoms with van der Waals surface area (Å²) in [5.74, 6) is -1.01. The van der Waals surface area contributed by atoms with E-state index in [1.165, 1.54) is 19.2 Å². The highest BCUT2D eigenvalue weighted by atomic mass is 32.2. The van der Waals surface area contributed by atoms with Crippen LogP contribution < -0.4 is 4.72 Å². The van der Waals surface area contributed by atoms with E-state index in [2.05, 4.69) is 4.72 Å². The monoisotopic (exact) mass is 323 g/mol. The number of hydrogen-bond acceptors (Lipinski definition) is 6. The van der Waals surface area contributed by atoms with E-state index in [1.54, 1.807) is 0 Å². The number of sulfonamides is 1. The summed E-state index contributed by atoms with van der Waals surface area (Å²) in [4.78, 5) is 11.0. The molecule has 1 aromatic heterocycles. The van der Waals surface area contributed by atoms with Crippen LogP contribution in [0.1, 0.15) is 11.3 Å². The second kappa shape index (κ2) is 7.70. The van der Waals surface area contributed by atoms with Crippen LogP contribution in [0.2, 0.25) is 0 Å². The molecule has 1 unspecified atom stereocenters. The van der Waals surface area contributed by atoms with Gasteiger partial charge in [0.1, 0.15) is 4.21 Å². The third kappa shape index (κ3) is 5.55. The molecule has 7 nitrogen and oxygen atoms in total. The Morgan fingerprint density at radius 3 is 2.80 bits per heavy atom. The summed E-state index contributed by atoms with van der Waals surface area (Å²) in [6.45, 7) is 0.225. The van der Waals surface area contributed by atoms with Crippen molar-refractivity contribution in [3.8, 4) is 0 Å². The fourth-order valence-electron chi connectivity index (χ4n) is 1.45. The molecule has 114 valence electrons. The Labute approximate surface area is 121 Å². The van der Waals surface area contributed by atoms with Gasteiger partial charge in [0, 0.05) is 18.5 Å². The molecule has 0 aliphatic carbocycles. The van der Waals surface area contributed by atoms with Crippen LogP contribution in [0.15, 0.2) is 16.3 Å². The summed E-state index contributed by atoms with van der Waals surface area (Å²) >= 11 is 0.919. The van der Waals surface area contributed by atoms with Crippen molar-refractivity contribution in [3.05, 3.63) is 17.0 Å². The van der Waals surface area contributed by atoms with Crippen LogP contribution >= 0.6 is 11.3 Å². The van der Waals surface area contributed by atoms with Crippen molar-refractivity contribution in [1.29, 1.82) is 0 Å². The predicted molar refractivity (Wildman–Crippen MR) is 73.3 cm³/mol. The highest BCUT2D eigenvalue weighted by Gasteiger charge is 2.17. The van der Waals surface area contributed by atoms with Gasteiger partial charge in [-0.3, -0.25) is 4.79 Å². The quantitative estimate of drug-likeness (QED) is 0.592. The molecule has 0 radical (unpaired) electrons. The molecule has 1 aromatic rings. The van der Waals surface area contributed by atoms with Crippen molar-refractivity contribution in [2.75, 3.05) is 20.3 Å². The van der Waals surface area contributed by atoms with Crippen LogP contribution in [0.4, 0.5) is 0 Å². The molecule has 0 aromatic carbocycles. The number of carbonyl (C=O) groups is 1. The Hall–Kier alpha value is -1.00. The predicted octanol–water partition coefficient (Wildman–Crippen LogP) is 0.0509. The molecule has 1 atom stereocenters. The highest BCUT2D eigenvalue weighted by Crippen LogP contribution is 2.21. The van der Waals surface area contributed by atoms with Crippen LogP contribution in [0.3, 0.4) is 0 Å². The van der Waals surface area contributed by atoms with Gasteiger partial charge in [-0.05, 0) is 18.6 Å². The Bertz CT molecular complexity index is 539. The van der Waals surface area contributed by atoms with Gasteiger partial charge in [-0.15, -0.1) is 11.3 Å². The highest BCUT2D eigenvalue weighted by molar-refractivity contribution is 7.91. The number of carboxylic acid groups (broad SMARTS) is 1. The van der Waals surface area contributed by atoms with Crippen LogP contribution in [0.25, 0.3) is 0 Å². The first-order valence-electron chi connectivity index (χ1n) is 5.82. The molecule has 0 fully saturated rings. The molecule has 1 heterocycles. The Morgan fingerprint density at radius 1 is 1.50 bits per heavy atom. The smallest absolute Gasteiger partial charge is 0.308 e. The number of thiophene rings is 1. The fourth-order valence-corrected chi connectivity index (χ4v) is 3.89. The molecule has 0 saturated carbocycles. The topological polar surface area (TPSA) is 113 Å². The number of aliphatic hydroxyl groups is 1. The third-order valence-corrected chi connectivity index (χ3v) is 5.39. The summed E-state index contributed by atoms with van der Waals surface area (Å²) in [5, 5.41) is 18.0. The van der Waals surface area contributed by atoms with Gasteiger partial charge < -0.3 is 14.9 Å². The van der Waals surface area contributed by atoms with Gasteiger partial charge in [0.2, 0.25) is 10.0 Å². The SMILES string of the molecule is COCC(O)CCNS(=O)(=O)c1ccc(CC(=O)O)s1. The zero-order valence-electron chi connectivity index (χ0n) is 10.9. The number of methoxy groups -OCH3 is 1. The number of nitrogens with one attached hydrogen (secondary N) is 1. The first-order chi connectivity index (χ1) is 9.35. The minimum atomic E-state index is -3.66. The molecule has 0 aliphatic heterocycles. The van der Waals surface area contributed by atoms with Gasteiger partial charge >= 0.3 is 5.97 Å². The van der Waals surface area contributed by atoms with E-state index < -0.39 is 22.1 Å². The lowest BCUT2D eigenvalue weighted by Gasteiger charge is -2.09. The number of carboxylic acids is 1. The zero-order chi connectivity index (χ0) is 15.2. The number of ether oxygens (including phenoxy) is 1. The molecule has 9 heteroatoms. The van der Waals surface area contributed by atoms with Crippen molar-refractivity contribution in [1.82, 2.24) is 4.72 Å². The van der Waals surface area contributed by atoms with Gasteiger partial charge in [0.25, 0.3) is 0 Å². The van der Waals surface area contributed by atoms with Crippen molar-refractivity contribution >= 4 is 27.3 Å². The average molecular weight is 323 g/mol. The second-order valence-corrected chi connectivity index (χ2v) is 7.25. The molecule has 0 saturated heterocycles. The van der Waals surface area contributed by atoms with Gasteiger partial charge in [0.15, 0.2) is 0 Å². The maximum atomic E-state index is 11.9. The van der Waals surface area contributed by atoms with Crippen molar-refractivity contribution in [2.45, 2.75) is 23.2 Å². The number of aliphatic carboxylic acids is 1. The number of aliphatic hydroxyl groups excluding tert-OH is 1. The fraction of sp³-hybridized carbons (Fsp3) is 0.545. The van der Waals surface area contributed by atoms with Crippen LogP contribution in [-0.2, 0) is 26.0 Å². The van der Waals surface area contributed by atoms with E-state index in [9.17, 15) is 18.3 Å². The lowest BCUT2D eigenvalue weighted by atomic mass is 10.3. The zero-order valence-corrected chi connectivity index (χ0v) is 12.5. The normalized spacial score (nSPS) is 13.3. The van der Waals surface area contributed by atoms with E-state index in [1.807, 2.05) is 0 Å². The second-order valence-electron chi connectivity index (χ2n) is 4.09. The minimum Gasteiger partial charge on any atom is -0.481 e. The third-order valence-electron chi connectivity index (χ3n) is 2.36. The van der Waals surface area contributed by atoms with E-state index in [0.717, 1.165) is 11.3 Å². The molecule has 20 heavy (non-hydrogen) atoms. The summed E-state index contributed by atoms with van der Waals surface area (Å²) in [6.07, 6.45) is -0.693. The molecular formula is C11H17NO6S2. The van der Waals surface area contributed by atoms with Gasteiger partial charge in [0.05, 0.1) is 19.1 Å². The minimum absolute atomic E-state index is 0.0648. The Morgan fingerprint density at radius 2 is 2.20 bits per heavy atom. The van der Waals surface area contributed by atoms with E-state index in [-0.39, 0.29) is 30.2 Å².